The van der Waals surface area contributed by atoms with Crippen molar-refractivity contribution >= 4 is 0 Å². The van der Waals surface area contributed by atoms with Crippen LogP contribution in [0.1, 0.15) is 0 Å². The van der Waals surface area contributed by atoms with Crippen molar-refractivity contribution in [1.82, 2.24) is 0 Å². The SMILES string of the molecule is COCOCC1OC1COCOC. The molecule has 0 saturated carbocycles. The van der Waals surface area contributed by atoms with Crippen LogP contribution >= 0.6 is 0 Å². The number of methoxy groups -OCH3 is 2. The van der Waals surface area contributed by atoms with Gasteiger partial charge in [-0.25, -0.2) is 0 Å². The van der Waals surface area contributed by atoms with Gasteiger partial charge in [-0.15, -0.1) is 0 Å². The molecule has 1 saturated heterocycles. The van der Waals surface area contributed by atoms with Crippen molar-refractivity contribution in [2.75, 3.05) is 41.0 Å². The number of ether oxygens (including phenoxy) is 5. The van der Waals surface area contributed by atoms with Gasteiger partial charge in [0.25, 0.3) is 0 Å². The Bertz CT molecular complexity index is 116. The summed E-state index contributed by atoms with van der Waals surface area (Å²) in [6, 6.07) is 0. The standard InChI is InChI=1S/C8H16O5/c1-9-5-11-3-7-8(13-7)4-12-6-10-2/h7-8H,3-6H2,1-2H3. The van der Waals surface area contributed by atoms with Gasteiger partial charge in [-0.3, -0.25) is 0 Å². The predicted octanol–water partition coefficient (Wildman–Crippen LogP) is -0.00520. The summed E-state index contributed by atoms with van der Waals surface area (Å²) in [5, 5.41) is 0. The van der Waals surface area contributed by atoms with E-state index < -0.39 is 0 Å². The minimum atomic E-state index is 0.159. The second-order valence-electron chi connectivity index (χ2n) is 2.77. The van der Waals surface area contributed by atoms with Gasteiger partial charge >= 0.3 is 0 Å². The first-order chi connectivity index (χ1) is 6.38. The topological polar surface area (TPSA) is 49.5 Å². The highest BCUT2D eigenvalue weighted by Crippen LogP contribution is 2.22. The van der Waals surface area contributed by atoms with Crippen LogP contribution in [-0.2, 0) is 23.7 Å². The average molecular weight is 192 g/mol. The second kappa shape index (κ2) is 6.28. The first kappa shape index (κ1) is 10.9. The van der Waals surface area contributed by atoms with Crippen molar-refractivity contribution in [2.45, 2.75) is 12.2 Å². The predicted molar refractivity (Wildman–Crippen MR) is 44.3 cm³/mol. The van der Waals surface area contributed by atoms with Gasteiger partial charge in [0, 0.05) is 14.2 Å². The zero-order valence-corrected chi connectivity index (χ0v) is 8.02. The molecule has 0 spiro atoms. The molecule has 0 aromatic heterocycles. The fourth-order valence-electron chi connectivity index (χ4n) is 0.968. The summed E-state index contributed by atoms with van der Waals surface area (Å²) < 4.78 is 24.9. The first-order valence-electron chi connectivity index (χ1n) is 4.17. The number of hydrogen-bond donors (Lipinski definition) is 0. The molecule has 0 amide bonds. The molecule has 0 bridgehead atoms. The molecule has 0 aromatic rings. The van der Waals surface area contributed by atoms with Crippen LogP contribution in [0.5, 0.6) is 0 Å². The van der Waals surface area contributed by atoms with Crippen molar-refractivity contribution < 1.29 is 23.7 Å². The third-order valence-corrected chi connectivity index (χ3v) is 1.65. The minimum absolute atomic E-state index is 0.159. The van der Waals surface area contributed by atoms with Gasteiger partial charge in [0.15, 0.2) is 0 Å². The molecule has 1 rings (SSSR count). The van der Waals surface area contributed by atoms with E-state index in [1.807, 2.05) is 0 Å². The van der Waals surface area contributed by atoms with Crippen molar-refractivity contribution in [3.63, 3.8) is 0 Å². The van der Waals surface area contributed by atoms with Gasteiger partial charge in [-0.05, 0) is 0 Å². The fraction of sp³-hybridized carbons (Fsp3) is 1.00. The Morgan fingerprint density at radius 2 is 1.38 bits per heavy atom. The largest absolute Gasteiger partial charge is 0.365 e. The molecule has 1 aliphatic heterocycles. The summed E-state index contributed by atoms with van der Waals surface area (Å²) in [7, 11) is 3.18. The lowest BCUT2D eigenvalue weighted by Crippen LogP contribution is -2.11. The number of hydrogen-bond acceptors (Lipinski definition) is 5. The molecule has 1 aliphatic rings. The number of epoxide rings is 1. The maximum Gasteiger partial charge on any atom is 0.146 e. The Balaban J connectivity index is 1.85. The summed E-state index contributed by atoms with van der Waals surface area (Å²) in [5.74, 6) is 0. The molecule has 13 heavy (non-hydrogen) atoms. The van der Waals surface area contributed by atoms with Gasteiger partial charge in [0.2, 0.25) is 0 Å². The van der Waals surface area contributed by atoms with E-state index in [4.69, 9.17) is 23.7 Å². The summed E-state index contributed by atoms with van der Waals surface area (Å²) in [6.07, 6.45) is 0.319. The van der Waals surface area contributed by atoms with Gasteiger partial charge in [0.1, 0.15) is 25.8 Å². The molecule has 5 heteroatoms. The normalized spacial score (nSPS) is 26.3. The molecule has 1 fully saturated rings. The van der Waals surface area contributed by atoms with E-state index in [1.165, 1.54) is 0 Å². The summed E-state index contributed by atoms with van der Waals surface area (Å²) >= 11 is 0. The van der Waals surface area contributed by atoms with E-state index in [0.717, 1.165) is 0 Å². The zero-order valence-electron chi connectivity index (χ0n) is 8.02. The lowest BCUT2D eigenvalue weighted by atomic mass is 10.3. The maximum atomic E-state index is 5.25. The van der Waals surface area contributed by atoms with E-state index in [2.05, 4.69) is 0 Å². The van der Waals surface area contributed by atoms with Crippen molar-refractivity contribution in [3.8, 4) is 0 Å². The lowest BCUT2D eigenvalue weighted by molar-refractivity contribution is -0.0375. The second-order valence-corrected chi connectivity index (χ2v) is 2.77. The van der Waals surface area contributed by atoms with Gasteiger partial charge in [-0.2, -0.15) is 0 Å². The van der Waals surface area contributed by atoms with Crippen molar-refractivity contribution in [2.24, 2.45) is 0 Å². The smallest absolute Gasteiger partial charge is 0.146 e. The van der Waals surface area contributed by atoms with Crippen LogP contribution in [-0.4, -0.2) is 53.2 Å². The molecule has 0 aromatic carbocycles. The molecule has 78 valence electrons. The Hall–Kier alpha value is -0.200. The average Bonchev–Trinajstić information content (AvgIpc) is 2.85. The molecule has 0 radical (unpaired) electrons. The molecule has 1 heterocycles. The Labute approximate surface area is 77.9 Å². The van der Waals surface area contributed by atoms with Crippen LogP contribution < -0.4 is 0 Å². The highest BCUT2D eigenvalue weighted by molar-refractivity contribution is 4.83. The quantitative estimate of drug-likeness (QED) is 0.307. The van der Waals surface area contributed by atoms with Crippen LogP contribution in [0.4, 0.5) is 0 Å². The molecular weight excluding hydrogens is 176 g/mol. The van der Waals surface area contributed by atoms with Crippen molar-refractivity contribution in [3.05, 3.63) is 0 Å². The molecule has 0 N–H and O–H groups in total. The molecule has 2 atom stereocenters. The van der Waals surface area contributed by atoms with Gasteiger partial charge in [0.05, 0.1) is 13.2 Å². The van der Waals surface area contributed by atoms with Crippen LogP contribution in [0.15, 0.2) is 0 Å². The highest BCUT2D eigenvalue weighted by atomic mass is 16.7. The summed E-state index contributed by atoms with van der Waals surface area (Å²) in [6.45, 7) is 1.75. The first-order valence-corrected chi connectivity index (χ1v) is 4.17. The number of rotatable bonds is 8. The Morgan fingerprint density at radius 3 is 1.77 bits per heavy atom. The third kappa shape index (κ3) is 4.54. The Morgan fingerprint density at radius 1 is 0.923 bits per heavy atom. The molecule has 2 unspecified atom stereocenters. The fourth-order valence-corrected chi connectivity index (χ4v) is 0.968. The van der Waals surface area contributed by atoms with Crippen molar-refractivity contribution in [1.29, 1.82) is 0 Å². The van der Waals surface area contributed by atoms with Crippen LogP contribution in [0.25, 0.3) is 0 Å². The van der Waals surface area contributed by atoms with E-state index >= 15 is 0 Å². The van der Waals surface area contributed by atoms with E-state index in [0.29, 0.717) is 26.8 Å². The van der Waals surface area contributed by atoms with E-state index in [1.54, 1.807) is 14.2 Å². The third-order valence-electron chi connectivity index (χ3n) is 1.65. The molecular formula is C8H16O5. The Kier molecular flexibility index (Phi) is 5.26. The zero-order chi connectivity index (χ0) is 9.52. The lowest BCUT2D eigenvalue weighted by Gasteiger charge is -1.99. The van der Waals surface area contributed by atoms with Gasteiger partial charge < -0.3 is 23.7 Å². The summed E-state index contributed by atoms with van der Waals surface area (Å²) in [4.78, 5) is 0. The highest BCUT2D eigenvalue weighted by Gasteiger charge is 2.38. The maximum absolute atomic E-state index is 5.25. The van der Waals surface area contributed by atoms with Gasteiger partial charge in [-0.1, -0.05) is 0 Å². The molecule has 0 aliphatic carbocycles. The van der Waals surface area contributed by atoms with Crippen LogP contribution in [0.2, 0.25) is 0 Å². The monoisotopic (exact) mass is 192 g/mol. The summed E-state index contributed by atoms with van der Waals surface area (Å²) in [5.41, 5.74) is 0. The molecule has 5 nitrogen and oxygen atoms in total. The van der Waals surface area contributed by atoms with Crippen LogP contribution in [0, 0.1) is 0 Å². The van der Waals surface area contributed by atoms with Crippen LogP contribution in [0.3, 0.4) is 0 Å². The van der Waals surface area contributed by atoms with E-state index in [-0.39, 0.29) is 12.2 Å². The van der Waals surface area contributed by atoms with E-state index in [9.17, 15) is 0 Å². The minimum Gasteiger partial charge on any atom is -0.365 e.